The largest absolute Gasteiger partial charge is 0.353 e. The average Bonchev–Trinajstić information content (AvgIpc) is 3.02. The lowest BCUT2D eigenvalue weighted by Gasteiger charge is -2.44. The molecule has 0 N–H and O–H groups in total. The van der Waals surface area contributed by atoms with Crippen LogP contribution in [0.25, 0.3) is 11.1 Å². The van der Waals surface area contributed by atoms with Gasteiger partial charge in [0.05, 0.1) is 17.0 Å². The summed E-state index contributed by atoms with van der Waals surface area (Å²) in [4.78, 5) is 16.2. The average molecular weight is 402 g/mol. The highest BCUT2D eigenvalue weighted by Gasteiger charge is 2.40. The van der Waals surface area contributed by atoms with E-state index in [9.17, 15) is 9.18 Å². The molecular weight excluding hydrogens is 385 g/mol. The highest BCUT2D eigenvalue weighted by atomic mass is 32.9. The molecule has 0 spiro atoms. The molecule has 6 heteroatoms. The summed E-state index contributed by atoms with van der Waals surface area (Å²) < 4.78 is 14.1. The number of carbonyl (C=O) groups is 1. The van der Waals surface area contributed by atoms with Crippen molar-refractivity contribution < 1.29 is 9.18 Å². The molecule has 0 saturated heterocycles. The van der Waals surface area contributed by atoms with E-state index in [2.05, 4.69) is 24.8 Å². The van der Waals surface area contributed by atoms with Crippen molar-refractivity contribution in [2.75, 3.05) is 11.4 Å². The molecule has 0 radical (unpaired) electrons. The number of hydrogen-bond acceptors (Lipinski definition) is 5. The Bertz CT molecular complexity index is 1050. The van der Waals surface area contributed by atoms with Gasteiger partial charge in [-0.1, -0.05) is 51.1 Å². The Labute approximate surface area is 163 Å². The van der Waals surface area contributed by atoms with Gasteiger partial charge in [0.2, 0.25) is 0 Å². The molecule has 0 saturated carbocycles. The number of carbonyl (C=O) groups excluding carboxylic acids is 1. The van der Waals surface area contributed by atoms with Gasteiger partial charge in [0, 0.05) is 22.4 Å². The number of fused-ring (bicyclic) bond motifs is 3. The second kappa shape index (κ2) is 6.37. The lowest BCUT2D eigenvalue weighted by Crippen LogP contribution is -2.46. The van der Waals surface area contributed by atoms with E-state index >= 15 is 0 Å². The van der Waals surface area contributed by atoms with Gasteiger partial charge >= 0.3 is 0 Å². The molecule has 3 aromatic rings. The lowest BCUT2D eigenvalue weighted by atomic mass is 9.87. The van der Waals surface area contributed by atoms with E-state index in [1.54, 1.807) is 32.8 Å². The number of hydrogen-bond donors (Lipinski definition) is 0. The van der Waals surface area contributed by atoms with E-state index in [1.807, 2.05) is 18.2 Å². The van der Waals surface area contributed by atoms with Crippen molar-refractivity contribution in [1.29, 1.82) is 0 Å². The number of nitrogens with zero attached hydrogens (tertiary/aromatic N) is 1. The van der Waals surface area contributed by atoms with Crippen LogP contribution >= 0.6 is 32.9 Å². The van der Waals surface area contributed by atoms with Gasteiger partial charge in [-0.2, -0.15) is 0 Å². The molecule has 0 amide bonds. The highest BCUT2D eigenvalue weighted by molar-refractivity contribution is 7.80. The first-order valence-corrected chi connectivity index (χ1v) is 10.7. The Balaban J connectivity index is 1.80. The molecule has 0 atom stereocenters. The standard InChI is InChI=1S/C20H16FNOS3/c1-20(2)18-17(19(24)26-25-18)14-5-3-4-6-15(14)22(20)11-16(23)12-7-9-13(21)10-8-12/h3-10H,11H2,1-2H3. The van der Waals surface area contributed by atoms with E-state index in [-0.39, 0.29) is 23.7 Å². The summed E-state index contributed by atoms with van der Waals surface area (Å²) in [6, 6.07) is 13.8. The Morgan fingerprint density at radius 2 is 1.81 bits per heavy atom. The fourth-order valence-corrected chi connectivity index (χ4v) is 6.69. The summed E-state index contributed by atoms with van der Waals surface area (Å²) in [6.07, 6.45) is 0. The topological polar surface area (TPSA) is 20.3 Å². The molecule has 4 rings (SSSR count). The van der Waals surface area contributed by atoms with Crippen LogP contribution in [0.15, 0.2) is 48.5 Å². The van der Waals surface area contributed by atoms with Crippen molar-refractivity contribution >= 4 is 44.4 Å². The Morgan fingerprint density at radius 1 is 1.12 bits per heavy atom. The maximum Gasteiger partial charge on any atom is 0.182 e. The summed E-state index contributed by atoms with van der Waals surface area (Å²) >= 11 is 5.57. The molecule has 0 aliphatic carbocycles. The second-order valence-corrected chi connectivity index (χ2v) is 9.57. The van der Waals surface area contributed by atoms with Crippen LogP contribution in [0.1, 0.15) is 29.1 Å². The molecule has 26 heavy (non-hydrogen) atoms. The lowest BCUT2D eigenvalue weighted by molar-refractivity contribution is 0.0993. The molecule has 2 heterocycles. The normalized spacial score (nSPS) is 14.7. The third-order valence-electron chi connectivity index (χ3n) is 4.79. The zero-order valence-corrected chi connectivity index (χ0v) is 16.7. The van der Waals surface area contributed by atoms with Crippen molar-refractivity contribution in [1.82, 2.24) is 0 Å². The van der Waals surface area contributed by atoms with Gasteiger partial charge < -0.3 is 4.90 Å². The van der Waals surface area contributed by atoms with Crippen molar-refractivity contribution in [3.8, 4) is 11.1 Å². The van der Waals surface area contributed by atoms with Gasteiger partial charge in [-0.25, -0.2) is 4.39 Å². The van der Waals surface area contributed by atoms with E-state index in [0.717, 1.165) is 20.6 Å². The first-order chi connectivity index (χ1) is 12.4. The van der Waals surface area contributed by atoms with Gasteiger partial charge in [0.25, 0.3) is 0 Å². The van der Waals surface area contributed by atoms with Crippen molar-refractivity contribution in [3.05, 3.63) is 68.6 Å². The van der Waals surface area contributed by atoms with Crippen molar-refractivity contribution in [2.24, 2.45) is 0 Å². The van der Waals surface area contributed by atoms with Crippen LogP contribution in [0.4, 0.5) is 10.1 Å². The number of Topliss-reactive ketones (excluding diaryl/α,β-unsaturated/α-hetero) is 1. The molecule has 1 aromatic heterocycles. The predicted octanol–water partition coefficient (Wildman–Crippen LogP) is 6.28. The zero-order chi connectivity index (χ0) is 18.5. The minimum atomic E-state index is -0.350. The maximum absolute atomic E-state index is 13.2. The quantitative estimate of drug-likeness (QED) is 0.292. The summed E-state index contributed by atoms with van der Waals surface area (Å²) in [5.41, 5.74) is 3.38. The van der Waals surface area contributed by atoms with Crippen LogP contribution < -0.4 is 4.90 Å². The Hall–Kier alpha value is -1.89. The van der Waals surface area contributed by atoms with E-state index in [0.29, 0.717) is 5.56 Å². The van der Waals surface area contributed by atoms with Gasteiger partial charge in [-0.05, 0) is 44.2 Å². The monoisotopic (exact) mass is 401 g/mol. The van der Waals surface area contributed by atoms with Crippen LogP contribution in [0.5, 0.6) is 0 Å². The first kappa shape index (κ1) is 17.5. The highest BCUT2D eigenvalue weighted by Crippen LogP contribution is 2.51. The number of para-hydroxylation sites is 1. The molecule has 0 unspecified atom stereocenters. The molecule has 2 aromatic carbocycles. The minimum absolute atomic E-state index is 0.0323. The number of ketones is 1. The van der Waals surface area contributed by atoms with E-state index in [4.69, 9.17) is 12.2 Å². The zero-order valence-electron chi connectivity index (χ0n) is 14.3. The van der Waals surface area contributed by atoms with Gasteiger partial charge in [0.1, 0.15) is 9.64 Å². The van der Waals surface area contributed by atoms with Gasteiger partial charge in [-0.15, -0.1) is 0 Å². The maximum atomic E-state index is 13.2. The summed E-state index contributed by atoms with van der Waals surface area (Å²) in [6.45, 7) is 4.47. The van der Waals surface area contributed by atoms with Crippen LogP contribution in [0.2, 0.25) is 0 Å². The molecule has 132 valence electrons. The Morgan fingerprint density at radius 3 is 2.54 bits per heavy atom. The smallest absolute Gasteiger partial charge is 0.182 e. The molecule has 0 fully saturated rings. The van der Waals surface area contributed by atoms with E-state index in [1.165, 1.54) is 17.0 Å². The molecule has 1 aliphatic rings. The predicted molar refractivity (Wildman–Crippen MR) is 110 cm³/mol. The second-order valence-electron chi connectivity index (χ2n) is 6.75. The SMILES string of the molecule is CC1(C)c2ssc(=S)c2-c2ccccc2N1CC(=O)c1ccc(F)cc1. The van der Waals surface area contributed by atoms with Crippen LogP contribution in [0.3, 0.4) is 0 Å². The fraction of sp³-hybridized carbons (Fsp3) is 0.200. The summed E-state index contributed by atoms with van der Waals surface area (Å²) in [7, 11) is 3.29. The van der Waals surface area contributed by atoms with Crippen molar-refractivity contribution in [3.63, 3.8) is 0 Å². The van der Waals surface area contributed by atoms with E-state index < -0.39 is 0 Å². The number of halogens is 1. The third-order valence-corrected chi connectivity index (χ3v) is 8.12. The van der Waals surface area contributed by atoms with Crippen LogP contribution in [0, 0.1) is 9.64 Å². The molecule has 0 bridgehead atoms. The minimum Gasteiger partial charge on any atom is -0.353 e. The first-order valence-electron chi connectivity index (χ1n) is 8.19. The molecule has 1 aliphatic heterocycles. The molecule has 2 nitrogen and oxygen atoms in total. The van der Waals surface area contributed by atoms with Gasteiger partial charge in [0.15, 0.2) is 5.78 Å². The summed E-state index contributed by atoms with van der Waals surface area (Å²) in [5.74, 6) is -0.372. The summed E-state index contributed by atoms with van der Waals surface area (Å²) in [5, 5.41) is 0. The van der Waals surface area contributed by atoms with Gasteiger partial charge in [-0.3, -0.25) is 4.79 Å². The third kappa shape index (κ3) is 2.73. The Kier molecular flexibility index (Phi) is 4.29. The number of rotatable bonds is 3. The number of benzene rings is 2. The number of anilines is 1. The fourth-order valence-electron chi connectivity index (χ4n) is 3.39. The molecular formula is C20H16FNOS3. The van der Waals surface area contributed by atoms with Crippen molar-refractivity contribution in [2.45, 2.75) is 19.4 Å². The van der Waals surface area contributed by atoms with Crippen LogP contribution in [-0.4, -0.2) is 12.3 Å². The van der Waals surface area contributed by atoms with Crippen LogP contribution in [-0.2, 0) is 5.54 Å².